The molecule has 0 aromatic carbocycles. The summed E-state index contributed by atoms with van der Waals surface area (Å²) >= 11 is 0. The molecule has 3 unspecified atom stereocenters. The summed E-state index contributed by atoms with van der Waals surface area (Å²) in [5.41, 5.74) is 0. The maximum Gasteiger partial charge on any atom is 0.120 e. The zero-order valence-corrected chi connectivity index (χ0v) is 10.4. The lowest BCUT2D eigenvalue weighted by molar-refractivity contribution is 0.332. The monoisotopic (exact) mass is 232 g/mol. The Morgan fingerprint density at radius 3 is 2.94 bits per heavy atom. The van der Waals surface area contributed by atoms with Crippen LogP contribution >= 0.6 is 0 Å². The predicted octanol–water partition coefficient (Wildman–Crippen LogP) is 3.40. The SMILES string of the molecule is CC(NC1CCCCCC1C#N)c1ccco1. The van der Waals surface area contributed by atoms with Gasteiger partial charge in [0.25, 0.3) is 0 Å². The summed E-state index contributed by atoms with van der Waals surface area (Å²) in [6.45, 7) is 2.10. The van der Waals surface area contributed by atoms with E-state index in [2.05, 4.69) is 18.3 Å². The molecular formula is C14H20N2O. The summed E-state index contributed by atoms with van der Waals surface area (Å²) < 4.78 is 5.39. The quantitative estimate of drug-likeness (QED) is 0.812. The molecule has 0 aliphatic heterocycles. The molecule has 1 fully saturated rings. The smallest absolute Gasteiger partial charge is 0.120 e. The number of nitriles is 1. The third-order valence-electron chi connectivity index (χ3n) is 3.62. The van der Waals surface area contributed by atoms with E-state index in [-0.39, 0.29) is 12.0 Å². The van der Waals surface area contributed by atoms with Gasteiger partial charge in [0.05, 0.1) is 24.3 Å². The van der Waals surface area contributed by atoms with Gasteiger partial charge >= 0.3 is 0 Å². The maximum atomic E-state index is 9.22. The minimum Gasteiger partial charge on any atom is -0.468 e. The highest BCUT2D eigenvalue weighted by molar-refractivity contribution is 5.05. The molecule has 2 rings (SSSR count). The molecule has 0 saturated heterocycles. The van der Waals surface area contributed by atoms with E-state index in [4.69, 9.17) is 4.42 Å². The van der Waals surface area contributed by atoms with Crippen molar-refractivity contribution in [2.24, 2.45) is 5.92 Å². The zero-order valence-electron chi connectivity index (χ0n) is 10.4. The molecule has 1 aromatic heterocycles. The van der Waals surface area contributed by atoms with Crippen LogP contribution in [0.1, 0.15) is 50.8 Å². The van der Waals surface area contributed by atoms with Crippen molar-refractivity contribution in [1.29, 1.82) is 5.26 Å². The van der Waals surface area contributed by atoms with E-state index in [1.807, 2.05) is 12.1 Å². The molecule has 0 amide bonds. The van der Waals surface area contributed by atoms with Crippen LogP contribution in [0.4, 0.5) is 0 Å². The van der Waals surface area contributed by atoms with Crippen LogP contribution in [-0.4, -0.2) is 6.04 Å². The first-order chi connectivity index (χ1) is 8.31. The van der Waals surface area contributed by atoms with Gasteiger partial charge in [-0.3, -0.25) is 0 Å². The second-order valence-electron chi connectivity index (χ2n) is 4.88. The number of nitrogens with one attached hydrogen (secondary N) is 1. The molecule has 1 aliphatic rings. The van der Waals surface area contributed by atoms with Gasteiger partial charge in [-0.05, 0) is 31.9 Å². The number of furan rings is 1. The minimum absolute atomic E-state index is 0.148. The number of rotatable bonds is 3. The van der Waals surface area contributed by atoms with Crippen LogP contribution in [0.3, 0.4) is 0 Å². The highest BCUT2D eigenvalue weighted by atomic mass is 16.3. The molecule has 17 heavy (non-hydrogen) atoms. The zero-order chi connectivity index (χ0) is 12.1. The normalized spacial score (nSPS) is 27.1. The van der Waals surface area contributed by atoms with Gasteiger partial charge in [0, 0.05) is 6.04 Å². The molecule has 3 nitrogen and oxygen atoms in total. The summed E-state index contributed by atoms with van der Waals surface area (Å²) in [6, 6.07) is 6.83. The second-order valence-corrected chi connectivity index (χ2v) is 4.88. The van der Waals surface area contributed by atoms with E-state index >= 15 is 0 Å². The predicted molar refractivity (Wildman–Crippen MR) is 66.2 cm³/mol. The summed E-state index contributed by atoms with van der Waals surface area (Å²) in [6.07, 6.45) is 7.49. The van der Waals surface area contributed by atoms with Crippen LogP contribution < -0.4 is 5.32 Å². The van der Waals surface area contributed by atoms with E-state index in [0.29, 0.717) is 6.04 Å². The largest absolute Gasteiger partial charge is 0.468 e. The van der Waals surface area contributed by atoms with Crippen molar-refractivity contribution in [1.82, 2.24) is 5.32 Å². The lowest BCUT2D eigenvalue weighted by Crippen LogP contribution is -2.36. The molecule has 1 aromatic rings. The molecule has 1 heterocycles. The topological polar surface area (TPSA) is 49.0 Å². The lowest BCUT2D eigenvalue weighted by Gasteiger charge is -2.24. The Kier molecular flexibility index (Phi) is 4.22. The molecule has 0 spiro atoms. The summed E-state index contributed by atoms with van der Waals surface area (Å²) in [7, 11) is 0. The molecule has 92 valence electrons. The Morgan fingerprint density at radius 1 is 1.41 bits per heavy atom. The van der Waals surface area contributed by atoms with Gasteiger partial charge in [-0.2, -0.15) is 5.26 Å². The molecule has 0 radical (unpaired) electrons. The fourth-order valence-electron chi connectivity index (χ4n) is 2.60. The van der Waals surface area contributed by atoms with Crippen LogP contribution in [0.25, 0.3) is 0 Å². The standard InChI is InChI=1S/C14H20N2O/c1-11(14-8-5-9-17-14)16-13-7-4-2-3-6-12(13)10-15/h5,8-9,11-13,16H,2-4,6-7H2,1H3. The van der Waals surface area contributed by atoms with Crippen molar-refractivity contribution in [3.05, 3.63) is 24.2 Å². The fraction of sp³-hybridized carbons (Fsp3) is 0.643. The average molecular weight is 232 g/mol. The minimum atomic E-state index is 0.148. The maximum absolute atomic E-state index is 9.22. The lowest BCUT2D eigenvalue weighted by atomic mass is 9.95. The third kappa shape index (κ3) is 3.10. The Hall–Kier alpha value is -1.27. The first-order valence-corrected chi connectivity index (χ1v) is 6.50. The van der Waals surface area contributed by atoms with Crippen LogP contribution in [0, 0.1) is 17.2 Å². The van der Waals surface area contributed by atoms with E-state index < -0.39 is 0 Å². The van der Waals surface area contributed by atoms with E-state index in [1.54, 1.807) is 6.26 Å². The number of nitrogens with zero attached hydrogens (tertiary/aromatic N) is 1. The van der Waals surface area contributed by atoms with Gasteiger partial charge in [-0.15, -0.1) is 0 Å². The Labute approximate surface area is 103 Å². The Bertz CT molecular complexity index is 366. The van der Waals surface area contributed by atoms with E-state index in [1.165, 1.54) is 19.3 Å². The summed E-state index contributed by atoms with van der Waals surface area (Å²) in [4.78, 5) is 0. The molecule has 3 atom stereocenters. The van der Waals surface area contributed by atoms with Crippen LogP contribution in [0.15, 0.2) is 22.8 Å². The van der Waals surface area contributed by atoms with Crippen LogP contribution in [0.5, 0.6) is 0 Å². The highest BCUT2D eigenvalue weighted by Crippen LogP contribution is 2.25. The van der Waals surface area contributed by atoms with Crippen LogP contribution in [-0.2, 0) is 0 Å². The second kappa shape index (κ2) is 5.88. The first kappa shape index (κ1) is 12.2. The molecule has 1 aliphatic carbocycles. The Balaban J connectivity index is 1.98. The van der Waals surface area contributed by atoms with E-state index in [0.717, 1.165) is 18.6 Å². The summed E-state index contributed by atoms with van der Waals surface area (Å²) in [5, 5.41) is 12.8. The van der Waals surface area contributed by atoms with Gasteiger partial charge in [0.2, 0.25) is 0 Å². The molecule has 1 N–H and O–H groups in total. The fourth-order valence-corrected chi connectivity index (χ4v) is 2.60. The van der Waals surface area contributed by atoms with Gasteiger partial charge in [-0.25, -0.2) is 0 Å². The van der Waals surface area contributed by atoms with Gasteiger partial charge < -0.3 is 9.73 Å². The van der Waals surface area contributed by atoms with Crippen LogP contribution in [0.2, 0.25) is 0 Å². The van der Waals surface area contributed by atoms with Crippen molar-refractivity contribution in [3.63, 3.8) is 0 Å². The van der Waals surface area contributed by atoms with Crippen molar-refractivity contribution >= 4 is 0 Å². The van der Waals surface area contributed by atoms with Gasteiger partial charge in [0.1, 0.15) is 5.76 Å². The van der Waals surface area contributed by atoms with Crippen molar-refractivity contribution in [3.8, 4) is 6.07 Å². The molecule has 1 saturated carbocycles. The molecular weight excluding hydrogens is 212 g/mol. The van der Waals surface area contributed by atoms with Gasteiger partial charge in [0.15, 0.2) is 0 Å². The molecule has 3 heteroatoms. The average Bonchev–Trinajstić information content (AvgIpc) is 2.78. The summed E-state index contributed by atoms with van der Waals surface area (Å²) in [5.74, 6) is 1.10. The van der Waals surface area contributed by atoms with Crippen molar-refractivity contribution < 1.29 is 4.42 Å². The number of hydrogen-bond donors (Lipinski definition) is 1. The van der Waals surface area contributed by atoms with Crippen molar-refractivity contribution in [2.75, 3.05) is 0 Å². The highest BCUT2D eigenvalue weighted by Gasteiger charge is 2.25. The third-order valence-corrected chi connectivity index (χ3v) is 3.62. The van der Waals surface area contributed by atoms with E-state index in [9.17, 15) is 5.26 Å². The van der Waals surface area contributed by atoms with Crippen molar-refractivity contribution in [2.45, 2.75) is 51.1 Å². The first-order valence-electron chi connectivity index (χ1n) is 6.50. The number of hydrogen-bond acceptors (Lipinski definition) is 3. The Morgan fingerprint density at radius 2 is 2.24 bits per heavy atom. The van der Waals surface area contributed by atoms with Gasteiger partial charge in [-0.1, -0.05) is 19.3 Å². The molecule has 0 bridgehead atoms.